The summed E-state index contributed by atoms with van der Waals surface area (Å²) < 4.78 is 69.1. The number of nitrogens with zero attached hydrogens (tertiary/aromatic N) is 2. The minimum atomic E-state index is -4.74. The average molecular weight is 409 g/mol. The van der Waals surface area contributed by atoms with E-state index >= 15 is 0 Å². The first-order chi connectivity index (χ1) is 9.89. The lowest BCUT2D eigenvalue weighted by Crippen LogP contribution is -2.45. The molecule has 8 nitrogen and oxygen atoms in total. The summed E-state index contributed by atoms with van der Waals surface area (Å²) in [4.78, 5) is 11.5. The van der Waals surface area contributed by atoms with Gasteiger partial charge in [0.25, 0.3) is 0 Å². The molecular formula is C9H12BrF3N4O4S. The highest BCUT2D eigenvalue weighted by Gasteiger charge is 2.39. The number of hydrogen-bond donors (Lipinski definition) is 2. The van der Waals surface area contributed by atoms with Crippen LogP contribution >= 0.6 is 15.9 Å². The molecule has 2 N–H and O–H groups in total. The molecule has 1 aromatic heterocycles. The van der Waals surface area contributed by atoms with E-state index in [1.165, 1.54) is 11.8 Å². The zero-order valence-electron chi connectivity index (χ0n) is 11.5. The molecular weight excluding hydrogens is 397 g/mol. The number of aryl methyl sites for hydroxylation is 1. The van der Waals surface area contributed by atoms with E-state index in [4.69, 9.17) is 0 Å². The predicted molar refractivity (Wildman–Crippen MR) is 73.4 cm³/mol. The average Bonchev–Trinajstić information content (AvgIpc) is 2.61. The van der Waals surface area contributed by atoms with Gasteiger partial charge in [0.05, 0.1) is 11.6 Å². The molecule has 13 heteroatoms. The Labute approximate surface area is 132 Å². The van der Waals surface area contributed by atoms with Gasteiger partial charge >= 0.3 is 22.4 Å². The number of methoxy groups -OCH3 is 1. The number of esters is 1. The highest BCUT2D eigenvalue weighted by Crippen LogP contribution is 2.27. The lowest BCUT2D eigenvalue weighted by molar-refractivity contribution is -0.147. The van der Waals surface area contributed by atoms with Gasteiger partial charge in [-0.05, 0) is 22.9 Å². The van der Waals surface area contributed by atoms with Crippen LogP contribution in [0.25, 0.3) is 0 Å². The van der Waals surface area contributed by atoms with Crippen molar-refractivity contribution in [2.45, 2.75) is 19.1 Å². The second-order valence-corrected chi connectivity index (χ2v) is 6.35. The van der Waals surface area contributed by atoms with Crippen molar-refractivity contribution in [2.24, 2.45) is 7.05 Å². The molecule has 0 aliphatic rings. The fourth-order valence-corrected chi connectivity index (χ4v) is 3.12. The van der Waals surface area contributed by atoms with Crippen LogP contribution in [0.2, 0.25) is 0 Å². The Bertz CT molecular complexity index is 673. The van der Waals surface area contributed by atoms with Gasteiger partial charge in [0.2, 0.25) is 0 Å². The largest absolute Gasteiger partial charge is 0.464 e. The Morgan fingerprint density at radius 2 is 2.00 bits per heavy atom. The molecule has 0 aromatic carbocycles. The molecule has 0 amide bonds. The molecule has 1 unspecified atom stereocenters. The van der Waals surface area contributed by atoms with E-state index < -0.39 is 28.4 Å². The Morgan fingerprint density at radius 3 is 2.45 bits per heavy atom. The van der Waals surface area contributed by atoms with Gasteiger partial charge in [-0.25, -0.2) is 4.79 Å². The monoisotopic (exact) mass is 408 g/mol. The Hall–Kier alpha value is -1.34. The van der Waals surface area contributed by atoms with Gasteiger partial charge in [0, 0.05) is 7.05 Å². The summed E-state index contributed by atoms with van der Waals surface area (Å²) in [7, 11) is -2.11. The molecule has 126 valence electrons. The molecule has 0 saturated carbocycles. The zero-order valence-corrected chi connectivity index (χ0v) is 13.9. The highest BCUT2D eigenvalue weighted by molar-refractivity contribution is 9.10. The zero-order chi connectivity index (χ0) is 17.3. The summed E-state index contributed by atoms with van der Waals surface area (Å²) in [5.74, 6) is -1.16. The van der Waals surface area contributed by atoms with Gasteiger partial charge in [-0.15, -0.1) is 0 Å². The Balaban J connectivity index is 3.03. The third kappa shape index (κ3) is 4.33. The first-order valence-electron chi connectivity index (χ1n) is 5.56. The van der Waals surface area contributed by atoms with Crippen LogP contribution < -0.4 is 9.44 Å². The maximum absolute atomic E-state index is 12.4. The molecule has 0 saturated heterocycles. The molecule has 1 rings (SSSR count). The molecule has 22 heavy (non-hydrogen) atoms. The summed E-state index contributed by atoms with van der Waals surface area (Å²) >= 11 is 2.94. The van der Waals surface area contributed by atoms with Crippen LogP contribution in [-0.2, 0) is 22.0 Å². The van der Waals surface area contributed by atoms with Crippen LogP contribution in [0.3, 0.4) is 0 Å². The van der Waals surface area contributed by atoms with Crippen LogP contribution in [0, 0.1) is 0 Å². The van der Waals surface area contributed by atoms with Crippen LogP contribution in [0.1, 0.15) is 17.4 Å². The van der Waals surface area contributed by atoms with Crippen molar-refractivity contribution in [3.8, 4) is 0 Å². The minimum Gasteiger partial charge on any atom is -0.464 e. The number of halogens is 4. The van der Waals surface area contributed by atoms with E-state index in [2.05, 4.69) is 25.8 Å². The van der Waals surface area contributed by atoms with Crippen molar-refractivity contribution in [1.82, 2.24) is 14.5 Å². The number of carbonyl (C=O) groups excluding carboxylic acids is 1. The second kappa shape index (κ2) is 6.42. The summed E-state index contributed by atoms with van der Waals surface area (Å²) in [5.41, 5.74) is -0.107. The summed E-state index contributed by atoms with van der Waals surface area (Å²) in [6.07, 6.45) is -4.74. The fourth-order valence-electron chi connectivity index (χ4n) is 1.34. The molecule has 0 bridgehead atoms. The van der Waals surface area contributed by atoms with E-state index in [0.29, 0.717) is 6.92 Å². The molecule has 1 heterocycles. The molecule has 0 aliphatic heterocycles. The quantitative estimate of drug-likeness (QED) is 0.711. The van der Waals surface area contributed by atoms with Crippen molar-refractivity contribution in [1.29, 1.82) is 0 Å². The summed E-state index contributed by atoms with van der Waals surface area (Å²) in [6, 6.07) is -2.30. The number of hydrogen-bond acceptors (Lipinski definition) is 5. The van der Waals surface area contributed by atoms with Crippen LogP contribution in [0.4, 0.5) is 19.0 Å². The normalized spacial score (nSPS) is 13.8. The van der Waals surface area contributed by atoms with Gasteiger partial charge in [0.15, 0.2) is 11.5 Å². The predicted octanol–water partition coefficient (Wildman–Crippen LogP) is 1.17. The standard InChI is InChI=1S/C9H12BrF3N4O4S/c1-4(9(11,12)13)15-22(19,20)16-7-5(10)6(8(18)21-3)17(2)14-7/h4,15H,1-3H3,(H,14,16). The molecule has 0 fully saturated rings. The maximum Gasteiger partial charge on any atom is 0.404 e. The SMILES string of the molecule is COC(=O)c1c(Br)c(NS(=O)(=O)NC(C)C(F)(F)F)nn1C. The first-order valence-corrected chi connectivity index (χ1v) is 7.84. The molecule has 0 aliphatic carbocycles. The van der Waals surface area contributed by atoms with Gasteiger partial charge in [-0.1, -0.05) is 0 Å². The number of ether oxygens (including phenoxy) is 1. The van der Waals surface area contributed by atoms with E-state index in [1.54, 1.807) is 4.72 Å². The Kier molecular flexibility index (Phi) is 5.46. The third-order valence-corrected chi connectivity index (χ3v) is 4.30. The number of alkyl halides is 3. The highest BCUT2D eigenvalue weighted by atomic mass is 79.9. The topological polar surface area (TPSA) is 102 Å². The Morgan fingerprint density at radius 1 is 1.45 bits per heavy atom. The number of aromatic nitrogens is 2. The number of nitrogens with one attached hydrogen (secondary N) is 2. The number of carbonyl (C=O) groups is 1. The van der Waals surface area contributed by atoms with Crippen molar-refractivity contribution in [3.05, 3.63) is 10.2 Å². The fraction of sp³-hybridized carbons (Fsp3) is 0.556. The van der Waals surface area contributed by atoms with Gasteiger partial charge in [0.1, 0.15) is 6.04 Å². The lowest BCUT2D eigenvalue weighted by atomic mass is 10.4. The van der Waals surface area contributed by atoms with Gasteiger partial charge in [-0.2, -0.15) is 31.4 Å². The molecule has 0 spiro atoms. The summed E-state index contributed by atoms with van der Waals surface area (Å²) in [5, 5.41) is 3.69. The van der Waals surface area contributed by atoms with Crippen LogP contribution in [0.5, 0.6) is 0 Å². The van der Waals surface area contributed by atoms with E-state index in [0.717, 1.165) is 11.8 Å². The van der Waals surface area contributed by atoms with Crippen LogP contribution in [0.15, 0.2) is 4.47 Å². The van der Waals surface area contributed by atoms with Gasteiger partial charge < -0.3 is 4.74 Å². The lowest BCUT2D eigenvalue weighted by Gasteiger charge is -2.17. The molecule has 1 aromatic rings. The molecule has 1 atom stereocenters. The van der Waals surface area contributed by atoms with Crippen LogP contribution in [-0.4, -0.2) is 43.5 Å². The van der Waals surface area contributed by atoms with Crippen molar-refractivity contribution in [3.63, 3.8) is 0 Å². The number of anilines is 1. The smallest absolute Gasteiger partial charge is 0.404 e. The van der Waals surface area contributed by atoms with Crippen molar-refractivity contribution >= 4 is 37.9 Å². The maximum atomic E-state index is 12.4. The second-order valence-electron chi connectivity index (χ2n) is 4.11. The number of rotatable bonds is 5. The van der Waals surface area contributed by atoms with Crippen molar-refractivity contribution < 1.29 is 31.1 Å². The minimum absolute atomic E-state index is 0.0631. The molecule has 0 radical (unpaired) electrons. The van der Waals surface area contributed by atoms with E-state index in [1.807, 2.05) is 0 Å². The first kappa shape index (κ1) is 18.7. The van der Waals surface area contributed by atoms with Gasteiger partial charge in [-0.3, -0.25) is 9.40 Å². The third-order valence-electron chi connectivity index (χ3n) is 2.42. The van der Waals surface area contributed by atoms with E-state index in [-0.39, 0.29) is 16.0 Å². The van der Waals surface area contributed by atoms with E-state index in [9.17, 15) is 26.4 Å². The van der Waals surface area contributed by atoms with Crippen molar-refractivity contribution in [2.75, 3.05) is 11.8 Å². The summed E-state index contributed by atoms with van der Waals surface area (Å²) in [6.45, 7) is 0.645.